The highest BCUT2D eigenvalue weighted by atomic mass is 16.1. The fraction of sp³-hybridized carbons (Fsp3) is 0.955. The number of rotatable bonds is 2. The third-order valence-corrected chi connectivity index (χ3v) is 9.33. The molecule has 0 aliphatic heterocycles. The number of carbonyl (C=O) groups excluding carboxylic acids is 1. The van der Waals surface area contributed by atoms with E-state index in [0.717, 1.165) is 36.0 Å². The van der Waals surface area contributed by atoms with E-state index in [1.165, 1.54) is 51.4 Å². The smallest absolute Gasteiger partial charge is 0.128 e. The van der Waals surface area contributed by atoms with Gasteiger partial charge in [0.15, 0.2) is 0 Å². The van der Waals surface area contributed by atoms with Crippen LogP contribution >= 0.6 is 0 Å². The summed E-state index contributed by atoms with van der Waals surface area (Å²) in [6.45, 7) is 7.51. The fourth-order valence-electron chi connectivity index (χ4n) is 8.28. The molecule has 0 N–H and O–H groups in total. The van der Waals surface area contributed by atoms with Crippen LogP contribution in [0, 0.1) is 46.3 Å². The van der Waals surface area contributed by atoms with E-state index < -0.39 is 0 Å². The van der Waals surface area contributed by atoms with E-state index >= 15 is 0 Å². The molecule has 0 bridgehead atoms. The number of ketones is 1. The molecule has 4 aliphatic carbocycles. The minimum atomic E-state index is 0.250. The summed E-state index contributed by atoms with van der Waals surface area (Å²) in [6.07, 6.45) is 12.5. The van der Waals surface area contributed by atoms with Gasteiger partial charge in [-0.3, -0.25) is 0 Å². The Hall–Kier alpha value is -0.265. The average molecular weight is 326 g/mol. The van der Waals surface area contributed by atoms with Gasteiger partial charge in [-0.1, -0.05) is 27.2 Å². The normalized spacial score (nSPS) is 53.8. The van der Waals surface area contributed by atoms with Gasteiger partial charge in [-0.15, -0.1) is 0 Å². The maximum absolute atomic E-state index is 12.4. The molecule has 8 unspecified atom stereocenters. The van der Waals surface area contributed by atoms with Gasteiger partial charge in [0.1, 0.15) is 5.78 Å². The Balaban J connectivity index is 1.58. The molecule has 4 rings (SSSR count). The topological polar surface area (TPSA) is 17.1 Å². The van der Waals surface area contributed by atoms with Crippen molar-refractivity contribution in [3.8, 4) is 0 Å². The minimum absolute atomic E-state index is 0.250. The lowest BCUT2D eigenvalue weighted by Crippen LogP contribution is -2.52. The van der Waals surface area contributed by atoms with Crippen molar-refractivity contribution in [1.82, 2.24) is 0 Å². The highest BCUT2D eigenvalue weighted by molar-refractivity contribution is 6.20. The molecule has 0 saturated heterocycles. The first-order chi connectivity index (χ1) is 11.4. The Morgan fingerprint density at radius 3 is 2.38 bits per heavy atom. The van der Waals surface area contributed by atoms with Crippen LogP contribution < -0.4 is 0 Å². The molecule has 0 heterocycles. The second-order valence-corrected chi connectivity index (χ2v) is 10.5. The molecule has 4 aliphatic rings. The molecule has 4 fully saturated rings. The van der Waals surface area contributed by atoms with Crippen molar-refractivity contribution in [1.29, 1.82) is 0 Å². The maximum Gasteiger partial charge on any atom is 0.128 e. The molecule has 0 aromatic heterocycles. The summed E-state index contributed by atoms with van der Waals surface area (Å²) in [5.74, 6) is 5.11. The van der Waals surface area contributed by atoms with Crippen LogP contribution in [0.4, 0.5) is 0 Å². The first-order valence-corrected chi connectivity index (χ1v) is 10.6. The highest BCUT2D eigenvalue weighted by Gasteiger charge is 2.59. The first-order valence-electron chi connectivity index (χ1n) is 10.6. The van der Waals surface area contributed by atoms with Crippen molar-refractivity contribution in [2.24, 2.45) is 46.3 Å². The molecule has 0 aromatic rings. The second-order valence-electron chi connectivity index (χ2n) is 10.5. The molecule has 0 amide bonds. The van der Waals surface area contributed by atoms with E-state index in [1.54, 1.807) is 0 Å². The third kappa shape index (κ3) is 2.37. The predicted octanol–water partition coefficient (Wildman–Crippen LogP) is 5.44. The molecular formula is C22H35BO. The van der Waals surface area contributed by atoms with Crippen molar-refractivity contribution in [2.75, 3.05) is 0 Å². The summed E-state index contributed by atoms with van der Waals surface area (Å²) in [5.41, 5.74) is 0.866. The monoisotopic (exact) mass is 326 g/mol. The van der Waals surface area contributed by atoms with E-state index in [2.05, 4.69) is 20.8 Å². The van der Waals surface area contributed by atoms with Gasteiger partial charge < -0.3 is 4.79 Å². The molecule has 8 atom stereocenters. The molecule has 132 valence electrons. The third-order valence-electron chi connectivity index (χ3n) is 9.33. The van der Waals surface area contributed by atoms with Crippen LogP contribution in [0.25, 0.3) is 0 Å². The highest BCUT2D eigenvalue weighted by Crippen LogP contribution is 2.66. The second kappa shape index (κ2) is 5.88. The molecule has 24 heavy (non-hydrogen) atoms. The van der Waals surface area contributed by atoms with Crippen LogP contribution in [0.2, 0.25) is 6.32 Å². The van der Waals surface area contributed by atoms with E-state index in [4.69, 9.17) is 7.85 Å². The van der Waals surface area contributed by atoms with E-state index in [0.29, 0.717) is 11.2 Å². The Labute approximate surface area is 150 Å². The Kier molecular flexibility index (Phi) is 4.21. The zero-order chi connectivity index (χ0) is 17.1. The summed E-state index contributed by atoms with van der Waals surface area (Å²) in [5, 5.41) is 0. The van der Waals surface area contributed by atoms with Crippen molar-refractivity contribution in [3.05, 3.63) is 0 Å². The number of fused-ring (bicyclic) bond motifs is 5. The summed E-state index contributed by atoms with van der Waals surface area (Å²) >= 11 is 0. The van der Waals surface area contributed by atoms with Gasteiger partial charge in [-0.05, 0) is 98.1 Å². The van der Waals surface area contributed by atoms with Gasteiger partial charge in [-0.2, -0.15) is 0 Å². The molecule has 0 aromatic carbocycles. The summed E-state index contributed by atoms with van der Waals surface area (Å²) in [6, 6.07) is 0. The molecule has 2 heteroatoms. The van der Waals surface area contributed by atoms with E-state index in [9.17, 15) is 4.79 Å². The summed E-state index contributed by atoms with van der Waals surface area (Å²) in [7, 11) is 5.73. The SMILES string of the molecule is [B]CC(=O)C1CCC2C3CCC4(C)CC(C)CCC4C3CCC12C. The molecule has 4 saturated carbocycles. The van der Waals surface area contributed by atoms with Gasteiger partial charge in [0, 0.05) is 5.92 Å². The van der Waals surface area contributed by atoms with Crippen molar-refractivity contribution >= 4 is 13.6 Å². The van der Waals surface area contributed by atoms with E-state index in [-0.39, 0.29) is 17.7 Å². The largest absolute Gasteiger partial charge is 0.300 e. The van der Waals surface area contributed by atoms with Crippen molar-refractivity contribution in [2.45, 2.75) is 84.9 Å². The molecule has 2 radical (unpaired) electrons. The zero-order valence-corrected chi connectivity index (χ0v) is 16.0. The van der Waals surface area contributed by atoms with Crippen molar-refractivity contribution in [3.63, 3.8) is 0 Å². The molecule has 0 spiro atoms. The lowest BCUT2D eigenvalue weighted by atomic mass is 9.45. The van der Waals surface area contributed by atoms with Gasteiger partial charge in [0.05, 0.1) is 7.85 Å². The van der Waals surface area contributed by atoms with E-state index in [1.807, 2.05) is 0 Å². The Bertz CT molecular complexity index is 516. The van der Waals surface area contributed by atoms with Gasteiger partial charge in [0.25, 0.3) is 0 Å². The van der Waals surface area contributed by atoms with Crippen LogP contribution in [0.1, 0.15) is 78.6 Å². The predicted molar refractivity (Wildman–Crippen MR) is 99.9 cm³/mol. The molecule has 1 nitrogen and oxygen atoms in total. The quantitative estimate of drug-likeness (QED) is 0.618. The van der Waals surface area contributed by atoms with Gasteiger partial charge in [-0.25, -0.2) is 0 Å². The van der Waals surface area contributed by atoms with Crippen molar-refractivity contribution < 1.29 is 4.79 Å². The van der Waals surface area contributed by atoms with Crippen LogP contribution in [0.15, 0.2) is 0 Å². The molecular weight excluding hydrogens is 291 g/mol. The fourth-order valence-corrected chi connectivity index (χ4v) is 8.28. The Morgan fingerprint density at radius 1 is 0.958 bits per heavy atom. The first kappa shape index (κ1) is 17.2. The van der Waals surface area contributed by atoms with Crippen LogP contribution in [0.3, 0.4) is 0 Å². The minimum Gasteiger partial charge on any atom is -0.300 e. The van der Waals surface area contributed by atoms with Crippen LogP contribution in [-0.2, 0) is 4.79 Å². The number of carbonyl (C=O) groups is 1. The summed E-state index contributed by atoms with van der Waals surface area (Å²) < 4.78 is 0. The number of hydrogen-bond acceptors (Lipinski definition) is 1. The van der Waals surface area contributed by atoms with Crippen LogP contribution in [0.5, 0.6) is 0 Å². The maximum atomic E-state index is 12.4. The van der Waals surface area contributed by atoms with Gasteiger partial charge in [0.2, 0.25) is 0 Å². The lowest BCUT2D eigenvalue weighted by Gasteiger charge is -2.59. The van der Waals surface area contributed by atoms with Crippen LogP contribution in [-0.4, -0.2) is 13.6 Å². The zero-order valence-electron chi connectivity index (χ0n) is 16.0. The van der Waals surface area contributed by atoms with Gasteiger partial charge >= 0.3 is 0 Å². The lowest BCUT2D eigenvalue weighted by molar-refractivity contribution is -0.131. The Morgan fingerprint density at radius 2 is 1.62 bits per heavy atom. The standard InChI is InChI=1S/C22H35BO/c1-14-4-5-17-15-9-11-22(3)18(6-7-19(22)20(24)13-23)16(15)8-10-21(17,2)12-14/h14-19H,4-13H2,1-3H3. The summed E-state index contributed by atoms with van der Waals surface area (Å²) in [4.78, 5) is 12.4. The number of hydrogen-bond donors (Lipinski definition) is 0. The average Bonchev–Trinajstić information content (AvgIpc) is 2.90. The number of Topliss-reactive ketones (excluding diaryl/α,β-unsaturated/α-hetero) is 1.